The molecule has 0 saturated heterocycles. The molecule has 0 spiro atoms. The Morgan fingerprint density at radius 2 is 1.92 bits per heavy atom. The second-order valence-corrected chi connectivity index (χ2v) is 5.36. The highest BCUT2D eigenvalue weighted by atomic mass is 35.5. The highest BCUT2D eigenvalue weighted by Gasteiger charge is 2.17. The molecule has 0 aromatic heterocycles. The summed E-state index contributed by atoms with van der Waals surface area (Å²) in [7, 11) is 0. The Morgan fingerprint density at radius 3 is 2.62 bits per heavy atom. The van der Waals surface area contributed by atoms with Crippen molar-refractivity contribution in [1.82, 2.24) is 0 Å². The standard InChI is InChI=1S/C19H17ClN2O4/c1-2-13-25-18(23)21-15-7-6-10-17(14-15)26-19(24)22(12-11-20)16-8-4-3-5-9-16/h1,3-10,14H,11-13H2,(H,21,23). The lowest BCUT2D eigenvalue weighted by Gasteiger charge is -2.21. The predicted molar refractivity (Wildman–Crippen MR) is 101 cm³/mol. The summed E-state index contributed by atoms with van der Waals surface area (Å²) in [4.78, 5) is 25.4. The minimum atomic E-state index is -0.695. The first kappa shape index (κ1) is 19.2. The van der Waals surface area contributed by atoms with Crippen LogP contribution in [0.3, 0.4) is 0 Å². The molecule has 0 bridgehead atoms. The zero-order valence-corrected chi connectivity index (χ0v) is 14.6. The highest BCUT2D eigenvalue weighted by molar-refractivity contribution is 6.18. The van der Waals surface area contributed by atoms with Gasteiger partial charge in [-0.15, -0.1) is 18.0 Å². The smallest absolute Gasteiger partial charge is 0.419 e. The second-order valence-electron chi connectivity index (χ2n) is 4.98. The molecule has 0 atom stereocenters. The number of hydrogen-bond acceptors (Lipinski definition) is 4. The van der Waals surface area contributed by atoms with Crippen LogP contribution in [-0.2, 0) is 4.74 Å². The van der Waals surface area contributed by atoms with Gasteiger partial charge in [0.15, 0.2) is 6.61 Å². The summed E-state index contributed by atoms with van der Waals surface area (Å²) < 4.78 is 10.1. The number of halogens is 1. The van der Waals surface area contributed by atoms with Gasteiger partial charge in [-0.2, -0.15) is 0 Å². The van der Waals surface area contributed by atoms with E-state index < -0.39 is 12.2 Å². The van der Waals surface area contributed by atoms with E-state index in [-0.39, 0.29) is 18.2 Å². The van der Waals surface area contributed by atoms with Crippen LogP contribution in [-0.4, -0.2) is 31.2 Å². The van der Waals surface area contributed by atoms with Crippen molar-refractivity contribution in [3.63, 3.8) is 0 Å². The van der Waals surface area contributed by atoms with Gasteiger partial charge in [-0.3, -0.25) is 10.2 Å². The Hall–Kier alpha value is -3.17. The summed E-state index contributed by atoms with van der Waals surface area (Å²) in [5, 5.41) is 2.49. The second kappa shape index (κ2) is 9.97. The van der Waals surface area contributed by atoms with E-state index >= 15 is 0 Å². The molecule has 2 aromatic rings. The van der Waals surface area contributed by atoms with Gasteiger partial charge in [0.25, 0.3) is 0 Å². The van der Waals surface area contributed by atoms with Crippen molar-refractivity contribution < 1.29 is 19.1 Å². The van der Waals surface area contributed by atoms with Crippen LogP contribution in [0.15, 0.2) is 54.6 Å². The number of hydrogen-bond donors (Lipinski definition) is 1. The zero-order valence-electron chi connectivity index (χ0n) is 13.9. The summed E-state index contributed by atoms with van der Waals surface area (Å²) in [6, 6.07) is 15.4. The summed E-state index contributed by atoms with van der Waals surface area (Å²) in [6.07, 6.45) is 3.75. The van der Waals surface area contributed by atoms with Gasteiger partial charge in [-0.1, -0.05) is 30.2 Å². The number of para-hydroxylation sites is 1. The molecule has 134 valence electrons. The number of carbonyl (C=O) groups excluding carboxylic acids is 2. The third-order valence-electron chi connectivity index (χ3n) is 3.17. The topological polar surface area (TPSA) is 67.9 Å². The van der Waals surface area contributed by atoms with Gasteiger partial charge in [0.05, 0.1) is 0 Å². The molecule has 2 rings (SSSR count). The molecule has 0 radical (unpaired) electrons. The molecule has 0 aliphatic carbocycles. The fraction of sp³-hybridized carbons (Fsp3) is 0.158. The average Bonchev–Trinajstić information content (AvgIpc) is 2.65. The first-order valence-electron chi connectivity index (χ1n) is 7.71. The van der Waals surface area contributed by atoms with Crippen LogP contribution in [0.2, 0.25) is 0 Å². The van der Waals surface area contributed by atoms with Crippen LogP contribution < -0.4 is 15.0 Å². The van der Waals surface area contributed by atoms with Crippen molar-refractivity contribution in [2.45, 2.75) is 0 Å². The van der Waals surface area contributed by atoms with Crippen molar-refractivity contribution in [2.24, 2.45) is 0 Å². The average molecular weight is 373 g/mol. The maximum absolute atomic E-state index is 12.5. The number of ether oxygens (including phenoxy) is 2. The molecule has 2 amide bonds. The highest BCUT2D eigenvalue weighted by Crippen LogP contribution is 2.20. The van der Waals surface area contributed by atoms with E-state index in [4.69, 9.17) is 27.5 Å². The zero-order chi connectivity index (χ0) is 18.8. The number of nitrogens with zero attached hydrogens (tertiary/aromatic N) is 1. The fourth-order valence-electron chi connectivity index (χ4n) is 2.07. The summed E-state index contributed by atoms with van der Waals surface area (Å²) in [5.41, 5.74) is 1.08. The molecule has 0 aliphatic rings. The molecule has 0 unspecified atom stereocenters. The van der Waals surface area contributed by atoms with Crippen molar-refractivity contribution in [1.29, 1.82) is 0 Å². The molecule has 7 heteroatoms. The Labute approximate surface area is 156 Å². The van der Waals surface area contributed by atoms with Crippen molar-refractivity contribution >= 4 is 35.2 Å². The first-order valence-corrected chi connectivity index (χ1v) is 8.25. The number of amides is 2. The van der Waals surface area contributed by atoms with E-state index in [0.29, 0.717) is 17.9 Å². The molecule has 1 N–H and O–H groups in total. The van der Waals surface area contributed by atoms with Gasteiger partial charge in [0.1, 0.15) is 5.75 Å². The van der Waals surface area contributed by atoms with Gasteiger partial charge in [0.2, 0.25) is 0 Å². The lowest BCUT2D eigenvalue weighted by atomic mass is 10.3. The van der Waals surface area contributed by atoms with E-state index in [0.717, 1.165) is 0 Å². The Morgan fingerprint density at radius 1 is 1.15 bits per heavy atom. The number of nitrogens with one attached hydrogen (secondary N) is 1. The fourth-order valence-corrected chi connectivity index (χ4v) is 2.24. The van der Waals surface area contributed by atoms with Gasteiger partial charge in [-0.05, 0) is 24.3 Å². The SMILES string of the molecule is C#CCOC(=O)Nc1cccc(OC(=O)N(CCCl)c2ccccc2)c1. The molecule has 6 nitrogen and oxygen atoms in total. The number of benzene rings is 2. The summed E-state index contributed by atoms with van der Waals surface area (Å²) >= 11 is 5.79. The monoisotopic (exact) mass is 372 g/mol. The maximum atomic E-state index is 12.5. The van der Waals surface area contributed by atoms with Crippen molar-refractivity contribution in [3.05, 3.63) is 54.6 Å². The molecular formula is C19H17ClN2O4. The third kappa shape index (κ3) is 5.72. The maximum Gasteiger partial charge on any atom is 0.419 e. The van der Waals surface area contributed by atoms with E-state index in [1.54, 1.807) is 30.3 Å². The largest absolute Gasteiger partial charge is 0.436 e. The molecule has 26 heavy (non-hydrogen) atoms. The number of terminal acetylenes is 1. The summed E-state index contributed by atoms with van der Waals surface area (Å²) in [5.74, 6) is 2.71. The summed E-state index contributed by atoms with van der Waals surface area (Å²) in [6.45, 7) is 0.158. The van der Waals surface area contributed by atoms with Gasteiger partial charge in [0, 0.05) is 29.9 Å². The molecule has 0 saturated carbocycles. The molecule has 0 fully saturated rings. The quantitative estimate of drug-likeness (QED) is 0.612. The van der Waals surface area contributed by atoms with Crippen molar-refractivity contribution in [3.8, 4) is 18.1 Å². The van der Waals surface area contributed by atoms with E-state index in [1.165, 1.54) is 11.0 Å². The molecule has 0 aliphatic heterocycles. The number of carbonyl (C=O) groups is 2. The van der Waals surface area contributed by atoms with Gasteiger partial charge < -0.3 is 9.47 Å². The normalized spacial score (nSPS) is 9.69. The number of rotatable bonds is 6. The van der Waals surface area contributed by atoms with E-state index in [1.807, 2.05) is 18.2 Å². The number of anilines is 2. The molecular weight excluding hydrogens is 356 g/mol. The van der Waals surface area contributed by atoms with Crippen LogP contribution in [0.25, 0.3) is 0 Å². The van der Waals surface area contributed by atoms with Crippen LogP contribution in [0.4, 0.5) is 21.0 Å². The minimum absolute atomic E-state index is 0.134. The lowest BCUT2D eigenvalue weighted by molar-refractivity contribution is 0.176. The first-order chi connectivity index (χ1) is 12.6. The third-order valence-corrected chi connectivity index (χ3v) is 3.34. The number of alkyl halides is 1. The van der Waals surface area contributed by atoms with E-state index in [9.17, 15) is 9.59 Å². The lowest BCUT2D eigenvalue weighted by Crippen LogP contribution is -2.35. The van der Waals surface area contributed by atoms with Gasteiger partial charge >= 0.3 is 12.2 Å². The minimum Gasteiger partial charge on any atom is -0.436 e. The Kier molecular flexibility index (Phi) is 7.34. The van der Waals surface area contributed by atoms with Crippen molar-refractivity contribution in [2.75, 3.05) is 29.2 Å². The van der Waals surface area contributed by atoms with Crippen LogP contribution in [0.5, 0.6) is 5.75 Å². The van der Waals surface area contributed by atoms with Gasteiger partial charge in [-0.25, -0.2) is 9.59 Å². The van der Waals surface area contributed by atoms with Crippen LogP contribution in [0, 0.1) is 12.3 Å². The van der Waals surface area contributed by atoms with Crippen LogP contribution in [0.1, 0.15) is 0 Å². The molecule has 0 heterocycles. The van der Waals surface area contributed by atoms with Crippen LogP contribution >= 0.6 is 11.6 Å². The Balaban J connectivity index is 2.07. The predicted octanol–water partition coefficient (Wildman–Crippen LogP) is 4.11. The van der Waals surface area contributed by atoms with E-state index in [2.05, 4.69) is 11.2 Å². The molecule has 2 aromatic carbocycles. The Bertz CT molecular complexity index is 790.